The first-order chi connectivity index (χ1) is 8.16. The Morgan fingerprint density at radius 2 is 2.18 bits per heavy atom. The molecule has 0 saturated carbocycles. The lowest BCUT2D eigenvalue weighted by atomic mass is 9.88. The summed E-state index contributed by atoms with van der Waals surface area (Å²) in [6.45, 7) is 5.82. The molecular weight excluding hydrogens is 228 g/mol. The van der Waals surface area contributed by atoms with Crippen molar-refractivity contribution in [3.63, 3.8) is 0 Å². The van der Waals surface area contributed by atoms with Crippen LogP contribution in [0.1, 0.15) is 25.8 Å². The quantitative estimate of drug-likeness (QED) is 0.889. The van der Waals surface area contributed by atoms with Crippen LogP contribution in [0.3, 0.4) is 0 Å². The van der Waals surface area contributed by atoms with Gasteiger partial charge in [-0.1, -0.05) is 13.8 Å². The van der Waals surface area contributed by atoms with Crippen LogP contribution in [0, 0.1) is 5.41 Å². The van der Waals surface area contributed by atoms with Crippen molar-refractivity contribution in [2.45, 2.75) is 32.7 Å². The third-order valence-electron chi connectivity index (χ3n) is 3.21. The van der Waals surface area contributed by atoms with E-state index < -0.39 is 0 Å². The van der Waals surface area contributed by atoms with E-state index in [2.05, 4.69) is 48.0 Å². The standard InChI is InChI=1S/C14H22N2S/c1-14(2)9-13(10-17-11-14)16-8-5-12-3-6-15-7-4-12/h3-4,6-7,13,16H,5,8-11H2,1-2H3. The van der Waals surface area contributed by atoms with Crippen LogP contribution in [-0.2, 0) is 6.42 Å². The normalized spacial score (nSPS) is 23.5. The summed E-state index contributed by atoms with van der Waals surface area (Å²) in [5, 5.41) is 3.68. The van der Waals surface area contributed by atoms with E-state index in [4.69, 9.17) is 0 Å². The van der Waals surface area contributed by atoms with E-state index in [1.165, 1.54) is 23.5 Å². The number of pyridine rings is 1. The van der Waals surface area contributed by atoms with Gasteiger partial charge < -0.3 is 5.32 Å². The minimum Gasteiger partial charge on any atom is -0.313 e. The summed E-state index contributed by atoms with van der Waals surface area (Å²) in [5.41, 5.74) is 1.87. The van der Waals surface area contributed by atoms with Gasteiger partial charge in [0.25, 0.3) is 0 Å². The molecule has 0 aromatic carbocycles. The second-order valence-electron chi connectivity index (χ2n) is 5.64. The van der Waals surface area contributed by atoms with Crippen molar-refractivity contribution < 1.29 is 0 Å². The SMILES string of the molecule is CC1(C)CSCC(NCCc2ccncc2)C1. The van der Waals surface area contributed by atoms with E-state index in [0.29, 0.717) is 11.5 Å². The summed E-state index contributed by atoms with van der Waals surface area (Å²) in [7, 11) is 0. The molecule has 17 heavy (non-hydrogen) atoms. The van der Waals surface area contributed by atoms with E-state index in [1.54, 1.807) is 0 Å². The maximum atomic E-state index is 4.04. The lowest BCUT2D eigenvalue weighted by molar-refractivity contribution is 0.319. The van der Waals surface area contributed by atoms with Crippen molar-refractivity contribution in [3.8, 4) is 0 Å². The predicted molar refractivity (Wildman–Crippen MR) is 75.5 cm³/mol. The maximum absolute atomic E-state index is 4.04. The molecule has 0 bridgehead atoms. The summed E-state index contributed by atoms with van der Waals surface area (Å²) < 4.78 is 0. The summed E-state index contributed by atoms with van der Waals surface area (Å²) in [4.78, 5) is 4.04. The Morgan fingerprint density at radius 3 is 2.88 bits per heavy atom. The van der Waals surface area contributed by atoms with Gasteiger partial charge in [-0.15, -0.1) is 0 Å². The zero-order chi connectivity index (χ0) is 12.1. The number of nitrogens with one attached hydrogen (secondary N) is 1. The Morgan fingerprint density at radius 1 is 1.41 bits per heavy atom. The van der Waals surface area contributed by atoms with Gasteiger partial charge in [0.1, 0.15) is 0 Å². The van der Waals surface area contributed by atoms with E-state index in [9.17, 15) is 0 Å². The van der Waals surface area contributed by atoms with E-state index in [0.717, 1.165) is 13.0 Å². The first kappa shape index (κ1) is 12.9. The smallest absolute Gasteiger partial charge is 0.0270 e. The summed E-state index contributed by atoms with van der Waals surface area (Å²) in [6.07, 6.45) is 6.14. The average Bonchev–Trinajstić information content (AvgIpc) is 2.29. The van der Waals surface area contributed by atoms with Crippen molar-refractivity contribution >= 4 is 11.8 Å². The van der Waals surface area contributed by atoms with Gasteiger partial charge in [-0.3, -0.25) is 4.98 Å². The number of aromatic nitrogens is 1. The first-order valence-electron chi connectivity index (χ1n) is 6.36. The molecule has 1 aliphatic heterocycles. The van der Waals surface area contributed by atoms with Crippen LogP contribution in [-0.4, -0.2) is 29.1 Å². The zero-order valence-electron chi connectivity index (χ0n) is 10.8. The number of nitrogens with zero attached hydrogens (tertiary/aromatic N) is 1. The van der Waals surface area contributed by atoms with Gasteiger partial charge in [0.15, 0.2) is 0 Å². The molecule has 1 aromatic heterocycles. The topological polar surface area (TPSA) is 24.9 Å². The maximum Gasteiger partial charge on any atom is 0.0270 e. The molecule has 0 amide bonds. The molecule has 1 N–H and O–H groups in total. The zero-order valence-corrected chi connectivity index (χ0v) is 11.6. The first-order valence-corrected chi connectivity index (χ1v) is 7.51. The van der Waals surface area contributed by atoms with Crippen LogP contribution < -0.4 is 5.32 Å². The highest BCUT2D eigenvalue weighted by Crippen LogP contribution is 2.33. The number of thioether (sulfide) groups is 1. The van der Waals surface area contributed by atoms with Crippen molar-refractivity contribution in [2.75, 3.05) is 18.1 Å². The monoisotopic (exact) mass is 250 g/mol. The fraction of sp³-hybridized carbons (Fsp3) is 0.643. The minimum atomic E-state index is 0.497. The van der Waals surface area contributed by atoms with Crippen molar-refractivity contribution in [1.82, 2.24) is 10.3 Å². The molecule has 0 aliphatic carbocycles. The molecule has 1 fully saturated rings. The Balaban J connectivity index is 1.72. The Labute approximate surface area is 109 Å². The van der Waals surface area contributed by atoms with Gasteiger partial charge in [0.05, 0.1) is 0 Å². The molecule has 1 saturated heterocycles. The molecular formula is C14H22N2S. The molecule has 1 unspecified atom stereocenters. The number of rotatable bonds is 4. The van der Waals surface area contributed by atoms with E-state index >= 15 is 0 Å². The molecule has 1 aliphatic rings. The number of hydrogen-bond acceptors (Lipinski definition) is 3. The molecule has 2 nitrogen and oxygen atoms in total. The second-order valence-corrected chi connectivity index (χ2v) is 6.67. The molecule has 2 heterocycles. The average molecular weight is 250 g/mol. The molecule has 1 aromatic rings. The Bertz CT molecular complexity index is 337. The highest BCUT2D eigenvalue weighted by Gasteiger charge is 2.27. The van der Waals surface area contributed by atoms with Gasteiger partial charge in [-0.05, 0) is 48.3 Å². The molecule has 2 rings (SSSR count). The van der Waals surface area contributed by atoms with Crippen LogP contribution in [0.5, 0.6) is 0 Å². The third-order valence-corrected chi connectivity index (χ3v) is 4.83. The lowest BCUT2D eigenvalue weighted by Gasteiger charge is -2.35. The van der Waals surface area contributed by atoms with Crippen LogP contribution in [0.4, 0.5) is 0 Å². The predicted octanol–water partition coefficient (Wildman–Crippen LogP) is 2.75. The molecule has 94 valence electrons. The van der Waals surface area contributed by atoms with Gasteiger partial charge >= 0.3 is 0 Å². The van der Waals surface area contributed by atoms with Crippen molar-refractivity contribution in [2.24, 2.45) is 5.41 Å². The van der Waals surface area contributed by atoms with Crippen LogP contribution in [0.15, 0.2) is 24.5 Å². The summed E-state index contributed by atoms with van der Waals surface area (Å²) in [5.74, 6) is 2.56. The Hall–Kier alpha value is -0.540. The minimum absolute atomic E-state index is 0.497. The van der Waals surface area contributed by atoms with Gasteiger partial charge in [0, 0.05) is 24.2 Å². The van der Waals surface area contributed by atoms with Crippen molar-refractivity contribution in [3.05, 3.63) is 30.1 Å². The number of hydrogen-bond donors (Lipinski definition) is 1. The summed E-state index contributed by atoms with van der Waals surface area (Å²) in [6, 6.07) is 4.88. The van der Waals surface area contributed by atoms with E-state index in [-0.39, 0.29) is 0 Å². The van der Waals surface area contributed by atoms with E-state index in [1.807, 2.05) is 12.4 Å². The Kier molecular flexibility index (Phi) is 4.46. The largest absolute Gasteiger partial charge is 0.313 e. The van der Waals surface area contributed by atoms with Crippen LogP contribution >= 0.6 is 11.8 Å². The molecule has 1 atom stereocenters. The fourth-order valence-corrected chi connectivity index (χ4v) is 3.67. The van der Waals surface area contributed by atoms with Gasteiger partial charge in [0.2, 0.25) is 0 Å². The van der Waals surface area contributed by atoms with Gasteiger partial charge in [-0.2, -0.15) is 11.8 Å². The van der Waals surface area contributed by atoms with Crippen molar-refractivity contribution in [1.29, 1.82) is 0 Å². The highest BCUT2D eigenvalue weighted by molar-refractivity contribution is 7.99. The molecule has 0 spiro atoms. The summed E-state index contributed by atoms with van der Waals surface area (Å²) >= 11 is 2.08. The fourth-order valence-electron chi connectivity index (χ4n) is 2.36. The lowest BCUT2D eigenvalue weighted by Crippen LogP contribution is -2.41. The van der Waals surface area contributed by atoms with Crippen LogP contribution in [0.25, 0.3) is 0 Å². The van der Waals surface area contributed by atoms with Gasteiger partial charge in [-0.25, -0.2) is 0 Å². The second kappa shape index (κ2) is 5.87. The third kappa shape index (κ3) is 4.32. The molecule has 3 heteroatoms. The van der Waals surface area contributed by atoms with Crippen LogP contribution in [0.2, 0.25) is 0 Å². The molecule has 0 radical (unpaired) electrons. The highest BCUT2D eigenvalue weighted by atomic mass is 32.2.